The lowest BCUT2D eigenvalue weighted by molar-refractivity contribution is -0.133. The molecule has 1 aromatic carbocycles. The Morgan fingerprint density at radius 2 is 2.05 bits per heavy atom. The fourth-order valence-corrected chi connectivity index (χ4v) is 2.80. The van der Waals surface area contributed by atoms with E-state index in [1.165, 1.54) is 12.5 Å². The van der Waals surface area contributed by atoms with Crippen LogP contribution in [0.2, 0.25) is 0 Å². The minimum Gasteiger partial charge on any atom is -0.334 e. The molecule has 0 bridgehead atoms. The van der Waals surface area contributed by atoms with Crippen LogP contribution >= 0.6 is 0 Å². The maximum Gasteiger partial charge on any atom is 0.246 e. The monoisotopic (exact) mass is 274 g/mol. The molecule has 0 fully saturated rings. The van der Waals surface area contributed by atoms with E-state index in [-0.39, 0.29) is 24.4 Å². The maximum absolute atomic E-state index is 12.5. The summed E-state index contributed by atoms with van der Waals surface area (Å²) in [5.41, 5.74) is 2.20. The molecule has 20 heavy (non-hydrogen) atoms. The van der Waals surface area contributed by atoms with Crippen molar-refractivity contribution in [3.8, 4) is 0 Å². The zero-order valence-corrected chi connectivity index (χ0v) is 12.4. The van der Waals surface area contributed by atoms with Gasteiger partial charge in [0, 0.05) is 25.2 Å². The molecular formula is C16H22N2O2. The molecule has 4 nitrogen and oxygen atoms in total. The molecule has 0 radical (unpaired) electrons. The predicted octanol–water partition coefficient (Wildman–Crippen LogP) is 2.22. The van der Waals surface area contributed by atoms with Gasteiger partial charge in [0.05, 0.1) is 0 Å². The second kappa shape index (κ2) is 6.07. The first kappa shape index (κ1) is 14.6. The van der Waals surface area contributed by atoms with Gasteiger partial charge in [-0.2, -0.15) is 0 Å². The van der Waals surface area contributed by atoms with Gasteiger partial charge >= 0.3 is 0 Å². The highest BCUT2D eigenvalue weighted by atomic mass is 16.2. The molecular weight excluding hydrogens is 252 g/mol. The number of carbonyl (C=O) groups excluding carboxylic acids is 2. The zero-order valence-electron chi connectivity index (χ0n) is 12.4. The summed E-state index contributed by atoms with van der Waals surface area (Å²) in [6, 6.07) is 8.16. The van der Waals surface area contributed by atoms with E-state index in [4.69, 9.17) is 0 Å². The summed E-state index contributed by atoms with van der Waals surface area (Å²) in [5.74, 6) is -0.0357. The summed E-state index contributed by atoms with van der Waals surface area (Å²) in [5, 5.41) is 0. The second-order valence-electron chi connectivity index (χ2n) is 5.39. The second-order valence-corrected chi connectivity index (χ2v) is 5.39. The van der Waals surface area contributed by atoms with E-state index in [0.717, 1.165) is 18.5 Å². The Balaban J connectivity index is 2.15. The summed E-state index contributed by atoms with van der Waals surface area (Å²) in [6.45, 7) is 6.38. The summed E-state index contributed by atoms with van der Waals surface area (Å²) >= 11 is 0. The number of hydrogen-bond acceptors (Lipinski definition) is 2. The molecule has 2 amide bonds. The normalized spacial score (nSPS) is 16.9. The van der Waals surface area contributed by atoms with Gasteiger partial charge in [-0.25, -0.2) is 0 Å². The number of benzene rings is 1. The van der Waals surface area contributed by atoms with Crippen molar-refractivity contribution in [1.82, 2.24) is 4.90 Å². The third-order valence-corrected chi connectivity index (χ3v) is 3.74. The van der Waals surface area contributed by atoms with Gasteiger partial charge in [-0.1, -0.05) is 25.1 Å². The molecule has 0 N–H and O–H groups in total. The Morgan fingerprint density at radius 1 is 1.35 bits per heavy atom. The number of nitrogens with zero attached hydrogens (tertiary/aromatic N) is 2. The Morgan fingerprint density at radius 3 is 2.70 bits per heavy atom. The van der Waals surface area contributed by atoms with Crippen LogP contribution in [-0.4, -0.2) is 35.8 Å². The van der Waals surface area contributed by atoms with Crippen LogP contribution in [0.1, 0.15) is 32.8 Å². The molecule has 0 saturated heterocycles. The van der Waals surface area contributed by atoms with Gasteiger partial charge in [0.2, 0.25) is 11.8 Å². The third kappa shape index (κ3) is 2.84. The van der Waals surface area contributed by atoms with E-state index < -0.39 is 0 Å². The van der Waals surface area contributed by atoms with E-state index in [0.29, 0.717) is 6.54 Å². The van der Waals surface area contributed by atoms with Gasteiger partial charge in [-0.05, 0) is 31.4 Å². The molecule has 4 heteroatoms. The van der Waals surface area contributed by atoms with E-state index in [1.54, 1.807) is 4.90 Å². The van der Waals surface area contributed by atoms with E-state index >= 15 is 0 Å². The lowest BCUT2D eigenvalue weighted by atomic mass is 10.1. The molecule has 0 aliphatic carbocycles. The van der Waals surface area contributed by atoms with Crippen LogP contribution in [0, 0.1) is 0 Å². The first-order valence-electron chi connectivity index (χ1n) is 7.20. The van der Waals surface area contributed by atoms with Crippen molar-refractivity contribution in [3.63, 3.8) is 0 Å². The Hall–Kier alpha value is -1.84. The van der Waals surface area contributed by atoms with Crippen molar-refractivity contribution >= 4 is 17.5 Å². The molecule has 1 aliphatic heterocycles. The van der Waals surface area contributed by atoms with Crippen molar-refractivity contribution in [2.24, 2.45) is 0 Å². The fraction of sp³-hybridized carbons (Fsp3) is 0.500. The molecule has 1 aromatic rings. The third-order valence-electron chi connectivity index (χ3n) is 3.74. The van der Waals surface area contributed by atoms with Crippen LogP contribution in [0.15, 0.2) is 24.3 Å². The van der Waals surface area contributed by atoms with Crippen molar-refractivity contribution in [1.29, 1.82) is 0 Å². The van der Waals surface area contributed by atoms with Crippen molar-refractivity contribution in [3.05, 3.63) is 29.8 Å². The lowest BCUT2D eigenvalue weighted by Gasteiger charge is -2.27. The number of rotatable bonds is 4. The average molecular weight is 274 g/mol. The average Bonchev–Trinajstić information content (AvgIpc) is 2.73. The predicted molar refractivity (Wildman–Crippen MR) is 79.6 cm³/mol. The number of hydrogen-bond donors (Lipinski definition) is 0. The maximum atomic E-state index is 12.5. The van der Waals surface area contributed by atoms with Crippen LogP contribution in [0.3, 0.4) is 0 Å². The highest BCUT2D eigenvalue weighted by molar-refractivity contribution is 5.98. The molecule has 2 rings (SSSR count). The molecule has 1 atom stereocenters. The first-order valence-corrected chi connectivity index (χ1v) is 7.20. The van der Waals surface area contributed by atoms with E-state index in [9.17, 15) is 9.59 Å². The lowest BCUT2D eigenvalue weighted by Crippen LogP contribution is -2.44. The summed E-state index contributed by atoms with van der Waals surface area (Å²) in [6.07, 6.45) is 1.74. The van der Waals surface area contributed by atoms with Crippen molar-refractivity contribution < 1.29 is 9.59 Å². The molecule has 0 aromatic heterocycles. The molecule has 108 valence electrons. The number of para-hydroxylation sites is 1. The van der Waals surface area contributed by atoms with E-state index in [1.807, 2.05) is 30.0 Å². The number of fused-ring (bicyclic) bond motifs is 1. The minimum atomic E-state index is -0.0414. The minimum absolute atomic E-state index is 0.00565. The topological polar surface area (TPSA) is 40.6 Å². The van der Waals surface area contributed by atoms with Crippen LogP contribution in [0.4, 0.5) is 5.69 Å². The standard InChI is InChI=1S/C16H22N2O2/c1-4-9-17(13(3)19)11-16(20)18-12(2)10-14-7-5-6-8-15(14)18/h5-8,12H,4,9-11H2,1-3H3. The number of amides is 2. The Bertz CT molecular complexity index is 513. The van der Waals surface area contributed by atoms with Gasteiger partial charge in [0.25, 0.3) is 0 Å². The van der Waals surface area contributed by atoms with Gasteiger partial charge in [0.15, 0.2) is 0 Å². The van der Waals surface area contributed by atoms with Crippen LogP contribution < -0.4 is 4.90 Å². The smallest absolute Gasteiger partial charge is 0.246 e. The van der Waals surface area contributed by atoms with Crippen LogP contribution in [-0.2, 0) is 16.0 Å². The molecule has 0 saturated carbocycles. The van der Waals surface area contributed by atoms with Crippen LogP contribution in [0.25, 0.3) is 0 Å². The fourth-order valence-electron chi connectivity index (χ4n) is 2.80. The quantitative estimate of drug-likeness (QED) is 0.844. The molecule has 1 heterocycles. The molecule has 0 spiro atoms. The molecule has 1 aliphatic rings. The Labute approximate surface area is 120 Å². The number of anilines is 1. The highest BCUT2D eigenvalue weighted by Gasteiger charge is 2.31. The van der Waals surface area contributed by atoms with Gasteiger partial charge in [-0.3, -0.25) is 9.59 Å². The van der Waals surface area contributed by atoms with Gasteiger partial charge < -0.3 is 9.80 Å². The zero-order chi connectivity index (χ0) is 14.7. The summed E-state index contributed by atoms with van der Waals surface area (Å²) < 4.78 is 0. The molecule has 1 unspecified atom stereocenters. The Kier molecular flexibility index (Phi) is 4.42. The van der Waals surface area contributed by atoms with E-state index in [2.05, 4.69) is 13.0 Å². The summed E-state index contributed by atoms with van der Waals surface area (Å²) in [7, 11) is 0. The number of carbonyl (C=O) groups is 2. The largest absolute Gasteiger partial charge is 0.334 e. The van der Waals surface area contributed by atoms with Gasteiger partial charge in [-0.15, -0.1) is 0 Å². The summed E-state index contributed by atoms with van der Waals surface area (Å²) in [4.78, 5) is 27.6. The first-order chi connectivity index (χ1) is 9.54. The van der Waals surface area contributed by atoms with Gasteiger partial charge in [0.1, 0.15) is 6.54 Å². The highest BCUT2D eigenvalue weighted by Crippen LogP contribution is 2.31. The SMILES string of the molecule is CCCN(CC(=O)N1c2ccccc2CC1C)C(C)=O. The van der Waals surface area contributed by atoms with Crippen molar-refractivity contribution in [2.75, 3.05) is 18.0 Å². The van der Waals surface area contributed by atoms with Crippen molar-refractivity contribution in [2.45, 2.75) is 39.7 Å². The van der Waals surface area contributed by atoms with Crippen LogP contribution in [0.5, 0.6) is 0 Å².